The highest BCUT2D eigenvalue weighted by Gasteiger charge is 2.11. The zero-order valence-corrected chi connectivity index (χ0v) is 13.5. The summed E-state index contributed by atoms with van der Waals surface area (Å²) in [5.74, 6) is 1.92. The number of carbonyl (C=O) groups is 1. The van der Waals surface area contributed by atoms with E-state index in [4.69, 9.17) is 4.74 Å². The summed E-state index contributed by atoms with van der Waals surface area (Å²) in [4.78, 5) is 13.6. The average Bonchev–Trinajstić information content (AvgIpc) is 2.48. The van der Waals surface area contributed by atoms with E-state index in [2.05, 4.69) is 6.92 Å². The molecule has 3 heteroatoms. The highest BCUT2D eigenvalue weighted by molar-refractivity contribution is 7.99. The van der Waals surface area contributed by atoms with Gasteiger partial charge in [-0.3, -0.25) is 4.79 Å². The highest BCUT2D eigenvalue weighted by atomic mass is 32.2. The molecule has 21 heavy (non-hydrogen) atoms. The Hall–Kier alpha value is -1.74. The van der Waals surface area contributed by atoms with Gasteiger partial charge < -0.3 is 4.74 Å². The van der Waals surface area contributed by atoms with Gasteiger partial charge in [-0.15, -0.1) is 11.8 Å². The van der Waals surface area contributed by atoms with E-state index in [1.165, 1.54) is 4.90 Å². The van der Waals surface area contributed by atoms with E-state index >= 15 is 0 Å². The van der Waals surface area contributed by atoms with Crippen molar-refractivity contribution in [2.45, 2.75) is 25.2 Å². The number of carbonyl (C=O) groups excluding carboxylic acids is 1. The molecule has 0 aromatic heterocycles. The second-order valence-corrected chi connectivity index (χ2v) is 6.21. The molecule has 0 unspecified atom stereocenters. The van der Waals surface area contributed by atoms with Gasteiger partial charge in [-0.05, 0) is 30.9 Å². The number of ether oxygens (including phenoxy) is 1. The number of ketones is 1. The van der Waals surface area contributed by atoms with E-state index in [0.29, 0.717) is 6.42 Å². The third kappa shape index (κ3) is 4.11. The SMILES string of the molecule is CCSc1ccc(C(=O)Cc2cc(C)ccc2OC)cc1. The molecule has 0 heterocycles. The first kappa shape index (κ1) is 15.6. The third-order valence-corrected chi connectivity index (χ3v) is 4.17. The monoisotopic (exact) mass is 300 g/mol. The summed E-state index contributed by atoms with van der Waals surface area (Å²) in [5.41, 5.74) is 2.82. The van der Waals surface area contributed by atoms with E-state index in [1.54, 1.807) is 18.9 Å². The molecule has 0 bridgehead atoms. The van der Waals surface area contributed by atoms with Crippen LogP contribution in [0, 0.1) is 6.92 Å². The van der Waals surface area contributed by atoms with Gasteiger partial charge in [-0.2, -0.15) is 0 Å². The van der Waals surface area contributed by atoms with Crippen molar-refractivity contribution in [3.05, 3.63) is 59.2 Å². The van der Waals surface area contributed by atoms with Gasteiger partial charge in [0.25, 0.3) is 0 Å². The van der Waals surface area contributed by atoms with E-state index in [1.807, 2.05) is 49.4 Å². The second kappa shape index (κ2) is 7.32. The van der Waals surface area contributed by atoms with Crippen LogP contribution in [-0.4, -0.2) is 18.6 Å². The lowest BCUT2D eigenvalue weighted by Gasteiger charge is -2.09. The molecule has 0 amide bonds. The fraction of sp³-hybridized carbons (Fsp3) is 0.278. The normalized spacial score (nSPS) is 10.4. The summed E-state index contributed by atoms with van der Waals surface area (Å²) >= 11 is 1.78. The minimum absolute atomic E-state index is 0.118. The highest BCUT2D eigenvalue weighted by Crippen LogP contribution is 2.23. The van der Waals surface area contributed by atoms with Crippen LogP contribution < -0.4 is 4.74 Å². The van der Waals surface area contributed by atoms with Gasteiger partial charge in [0.15, 0.2) is 5.78 Å². The van der Waals surface area contributed by atoms with E-state index in [-0.39, 0.29) is 5.78 Å². The summed E-state index contributed by atoms with van der Waals surface area (Å²) in [5, 5.41) is 0. The van der Waals surface area contributed by atoms with Crippen LogP contribution in [0.1, 0.15) is 28.4 Å². The first-order chi connectivity index (χ1) is 10.1. The fourth-order valence-corrected chi connectivity index (χ4v) is 2.89. The molecule has 2 rings (SSSR count). The number of thioether (sulfide) groups is 1. The van der Waals surface area contributed by atoms with Crippen LogP contribution in [0.25, 0.3) is 0 Å². The molecule has 0 atom stereocenters. The van der Waals surface area contributed by atoms with Crippen molar-refractivity contribution in [1.82, 2.24) is 0 Å². The number of hydrogen-bond donors (Lipinski definition) is 0. The van der Waals surface area contributed by atoms with Gasteiger partial charge >= 0.3 is 0 Å². The van der Waals surface area contributed by atoms with Crippen molar-refractivity contribution in [3.8, 4) is 5.75 Å². The topological polar surface area (TPSA) is 26.3 Å². The van der Waals surface area contributed by atoms with E-state index in [0.717, 1.165) is 28.2 Å². The number of methoxy groups -OCH3 is 1. The molecule has 0 saturated heterocycles. The Morgan fingerprint density at radius 3 is 2.48 bits per heavy atom. The maximum atomic E-state index is 12.4. The summed E-state index contributed by atoms with van der Waals surface area (Å²) in [6.07, 6.45) is 0.366. The van der Waals surface area contributed by atoms with Gasteiger partial charge in [0.1, 0.15) is 5.75 Å². The Morgan fingerprint density at radius 1 is 1.14 bits per heavy atom. The lowest BCUT2D eigenvalue weighted by Crippen LogP contribution is -2.05. The van der Waals surface area contributed by atoms with Crippen molar-refractivity contribution in [2.24, 2.45) is 0 Å². The molecule has 110 valence electrons. The van der Waals surface area contributed by atoms with Gasteiger partial charge in [-0.25, -0.2) is 0 Å². The molecule has 2 nitrogen and oxygen atoms in total. The predicted octanol–water partition coefficient (Wildman–Crippen LogP) is 4.54. The van der Waals surface area contributed by atoms with Crippen LogP contribution in [0.4, 0.5) is 0 Å². The van der Waals surface area contributed by atoms with Crippen molar-refractivity contribution >= 4 is 17.5 Å². The lowest BCUT2D eigenvalue weighted by molar-refractivity contribution is 0.0992. The molecular weight excluding hydrogens is 280 g/mol. The predicted molar refractivity (Wildman–Crippen MR) is 88.6 cm³/mol. The molecule has 2 aromatic rings. The van der Waals surface area contributed by atoms with Crippen LogP contribution in [0.3, 0.4) is 0 Å². The number of rotatable bonds is 6. The van der Waals surface area contributed by atoms with Crippen molar-refractivity contribution < 1.29 is 9.53 Å². The summed E-state index contributed by atoms with van der Waals surface area (Å²) in [7, 11) is 1.63. The first-order valence-corrected chi connectivity index (χ1v) is 8.02. The first-order valence-electron chi connectivity index (χ1n) is 7.03. The summed E-state index contributed by atoms with van der Waals surface area (Å²) in [6, 6.07) is 13.7. The quantitative estimate of drug-likeness (QED) is 0.578. The Bertz CT molecular complexity index is 618. The van der Waals surface area contributed by atoms with Crippen LogP contribution >= 0.6 is 11.8 Å². The number of benzene rings is 2. The Kier molecular flexibility index (Phi) is 5.45. The van der Waals surface area contributed by atoms with Crippen molar-refractivity contribution in [3.63, 3.8) is 0 Å². The number of aryl methyl sites for hydroxylation is 1. The van der Waals surface area contributed by atoms with Crippen LogP contribution in [0.15, 0.2) is 47.4 Å². The zero-order valence-electron chi connectivity index (χ0n) is 12.7. The smallest absolute Gasteiger partial charge is 0.167 e. The minimum Gasteiger partial charge on any atom is -0.496 e. The lowest BCUT2D eigenvalue weighted by atomic mass is 10.0. The Labute approximate surface area is 130 Å². The number of hydrogen-bond acceptors (Lipinski definition) is 3. The maximum absolute atomic E-state index is 12.4. The third-order valence-electron chi connectivity index (χ3n) is 3.27. The van der Waals surface area contributed by atoms with Crippen LogP contribution in [-0.2, 0) is 6.42 Å². The minimum atomic E-state index is 0.118. The van der Waals surface area contributed by atoms with E-state index < -0.39 is 0 Å². The molecule has 0 aliphatic rings. The van der Waals surface area contributed by atoms with E-state index in [9.17, 15) is 4.79 Å². The Morgan fingerprint density at radius 2 is 1.86 bits per heavy atom. The molecule has 0 aliphatic carbocycles. The summed E-state index contributed by atoms with van der Waals surface area (Å²) in [6.45, 7) is 4.14. The molecule has 0 fully saturated rings. The van der Waals surface area contributed by atoms with Gasteiger partial charge in [0.2, 0.25) is 0 Å². The molecular formula is C18H20O2S. The molecule has 0 spiro atoms. The second-order valence-electron chi connectivity index (χ2n) is 4.87. The van der Waals surface area contributed by atoms with Crippen LogP contribution in [0.2, 0.25) is 0 Å². The van der Waals surface area contributed by atoms with Crippen LogP contribution in [0.5, 0.6) is 5.75 Å². The van der Waals surface area contributed by atoms with Gasteiger partial charge in [0.05, 0.1) is 7.11 Å². The average molecular weight is 300 g/mol. The number of Topliss-reactive ketones (excluding diaryl/α,β-unsaturated/α-hetero) is 1. The molecule has 0 N–H and O–H groups in total. The Balaban J connectivity index is 2.15. The van der Waals surface area contributed by atoms with Gasteiger partial charge in [-0.1, -0.05) is 36.8 Å². The van der Waals surface area contributed by atoms with Crippen molar-refractivity contribution in [2.75, 3.05) is 12.9 Å². The fourth-order valence-electron chi connectivity index (χ4n) is 2.22. The zero-order chi connectivity index (χ0) is 15.2. The summed E-state index contributed by atoms with van der Waals surface area (Å²) < 4.78 is 5.33. The van der Waals surface area contributed by atoms with Crippen molar-refractivity contribution in [1.29, 1.82) is 0 Å². The largest absolute Gasteiger partial charge is 0.496 e. The maximum Gasteiger partial charge on any atom is 0.167 e. The standard InChI is InChI=1S/C18H20O2S/c1-4-21-16-8-6-14(7-9-16)17(19)12-15-11-13(2)5-10-18(15)20-3/h5-11H,4,12H2,1-3H3. The molecule has 0 radical (unpaired) electrons. The molecule has 0 aliphatic heterocycles. The van der Waals surface area contributed by atoms with Gasteiger partial charge in [0, 0.05) is 22.4 Å². The molecule has 0 saturated carbocycles. The molecule has 2 aromatic carbocycles.